The lowest BCUT2D eigenvalue weighted by Gasteiger charge is -2.21. The van der Waals surface area contributed by atoms with Crippen LogP contribution in [0.25, 0.3) is 0 Å². The quantitative estimate of drug-likeness (QED) is 0.557. The second-order valence-electron chi connectivity index (χ2n) is 4.16. The molecule has 0 aromatic rings. The molecule has 0 bridgehead atoms. The molecule has 0 aromatic heterocycles. The van der Waals surface area contributed by atoms with Crippen LogP contribution in [-0.2, 0) is 0 Å². The monoisotopic (exact) mass is 184 g/mol. The molecule has 74 valence electrons. The lowest BCUT2D eigenvalue weighted by atomic mass is 9.97. The number of urea groups is 1. The Morgan fingerprint density at radius 3 is 2.69 bits per heavy atom. The van der Waals surface area contributed by atoms with Gasteiger partial charge in [0.1, 0.15) is 0 Å². The Bertz CT molecular complexity index is 219. The van der Waals surface area contributed by atoms with Crippen LogP contribution in [0.2, 0.25) is 0 Å². The summed E-state index contributed by atoms with van der Waals surface area (Å²) in [4.78, 5) is 11.4. The van der Waals surface area contributed by atoms with E-state index >= 15 is 0 Å². The van der Waals surface area contributed by atoms with Crippen LogP contribution in [0.1, 0.15) is 20.8 Å². The van der Waals surface area contributed by atoms with Gasteiger partial charge in [0.05, 0.1) is 0 Å². The van der Waals surface area contributed by atoms with Gasteiger partial charge in [-0.05, 0) is 5.41 Å². The van der Waals surface area contributed by atoms with Crippen molar-refractivity contribution in [2.45, 2.75) is 20.8 Å². The molecule has 5 nitrogen and oxygen atoms in total. The Hall–Kier alpha value is -1.23. The first kappa shape index (κ1) is 9.85. The number of rotatable bonds is 1. The third-order valence-corrected chi connectivity index (χ3v) is 1.48. The zero-order valence-electron chi connectivity index (χ0n) is 8.22. The van der Waals surface area contributed by atoms with Gasteiger partial charge in [0, 0.05) is 18.9 Å². The summed E-state index contributed by atoms with van der Waals surface area (Å²) in [5.74, 6) is 0. The molecule has 2 amide bonds. The van der Waals surface area contributed by atoms with Gasteiger partial charge in [0.25, 0.3) is 0 Å². The molecule has 0 unspecified atom stereocenters. The molecule has 3 N–H and O–H groups in total. The molecule has 1 aliphatic rings. The highest BCUT2D eigenvalue weighted by Crippen LogP contribution is 2.10. The second-order valence-corrected chi connectivity index (χ2v) is 4.16. The number of amides is 2. The molecule has 0 fully saturated rings. The van der Waals surface area contributed by atoms with Gasteiger partial charge in [-0.3, -0.25) is 0 Å². The first-order valence-corrected chi connectivity index (χ1v) is 4.24. The number of hydrogen-bond acceptors (Lipinski definition) is 3. The first-order chi connectivity index (χ1) is 5.99. The van der Waals surface area contributed by atoms with E-state index in [1.54, 1.807) is 12.4 Å². The van der Waals surface area contributed by atoms with Crippen molar-refractivity contribution in [2.24, 2.45) is 5.41 Å². The predicted octanol–water partition coefficient (Wildman–Crippen LogP) is 0.538. The van der Waals surface area contributed by atoms with Gasteiger partial charge in [-0.15, -0.1) is 5.53 Å². The summed E-state index contributed by atoms with van der Waals surface area (Å²) in [5.41, 5.74) is 5.44. The van der Waals surface area contributed by atoms with E-state index in [-0.39, 0.29) is 11.4 Å². The Kier molecular flexibility index (Phi) is 2.77. The maximum absolute atomic E-state index is 11.4. The number of hydrazine groups is 2. The standard InChI is InChI=1S/C8H16N4O/c1-8(2,3)6-9-7(13)12-5-4-10-11-12/h4-5,10-11H,6H2,1-3H3,(H,9,13). The number of carbonyl (C=O) groups is 1. The van der Waals surface area contributed by atoms with Gasteiger partial charge in [-0.2, -0.15) is 0 Å². The highest BCUT2D eigenvalue weighted by molar-refractivity contribution is 5.74. The van der Waals surface area contributed by atoms with Crippen molar-refractivity contribution >= 4 is 6.03 Å². The van der Waals surface area contributed by atoms with Gasteiger partial charge in [-0.25, -0.2) is 9.80 Å². The van der Waals surface area contributed by atoms with E-state index in [0.29, 0.717) is 6.54 Å². The van der Waals surface area contributed by atoms with Gasteiger partial charge in [-0.1, -0.05) is 20.8 Å². The topological polar surface area (TPSA) is 56.4 Å². The summed E-state index contributed by atoms with van der Waals surface area (Å²) in [7, 11) is 0. The van der Waals surface area contributed by atoms with E-state index in [2.05, 4.69) is 37.0 Å². The highest BCUT2D eigenvalue weighted by atomic mass is 16.2. The molecule has 0 spiro atoms. The molecule has 1 heterocycles. The van der Waals surface area contributed by atoms with E-state index in [1.807, 2.05) is 0 Å². The van der Waals surface area contributed by atoms with Gasteiger partial charge >= 0.3 is 6.03 Å². The van der Waals surface area contributed by atoms with E-state index in [0.717, 1.165) is 0 Å². The molecule has 1 rings (SSSR count). The van der Waals surface area contributed by atoms with Crippen LogP contribution >= 0.6 is 0 Å². The van der Waals surface area contributed by atoms with Crippen molar-refractivity contribution in [3.8, 4) is 0 Å². The summed E-state index contributed by atoms with van der Waals surface area (Å²) >= 11 is 0. The zero-order valence-corrected chi connectivity index (χ0v) is 8.22. The molecule has 13 heavy (non-hydrogen) atoms. The SMILES string of the molecule is CC(C)(C)CNC(=O)N1C=CNN1. The fraction of sp³-hybridized carbons (Fsp3) is 0.625. The van der Waals surface area contributed by atoms with E-state index < -0.39 is 0 Å². The number of nitrogens with zero attached hydrogens (tertiary/aromatic N) is 1. The molecule has 0 radical (unpaired) electrons. The summed E-state index contributed by atoms with van der Waals surface area (Å²) < 4.78 is 0. The van der Waals surface area contributed by atoms with E-state index in [1.165, 1.54) is 5.01 Å². The first-order valence-electron chi connectivity index (χ1n) is 4.24. The van der Waals surface area contributed by atoms with Crippen LogP contribution < -0.4 is 16.3 Å². The molecule has 1 aliphatic heterocycles. The molecular weight excluding hydrogens is 168 g/mol. The van der Waals surface area contributed by atoms with Crippen LogP contribution in [0.15, 0.2) is 12.4 Å². The van der Waals surface area contributed by atoms with Crippen LogP contribution in [0.4, 0.5) is 4.79 Å². The van der Waals surface area contributed by atoms with Crippen molar-refractivity contribution in [3.63, 3.8) is 0 Å². The van der Waals surface area contributed by atoms with Crippen molar-refractivity contribution in [2.75, 3.05) is 6.54 Å². The van der Waals surface area contributed by atoms with Crippen molar-refractivity contribution in [3.05, 3.63) is 12.4 Å². The predicted molar refractivity (Wildman–Crippen MR) is 50.1 cm³/mol. The Morgan fingerprint density at radius 1 is 1.54 bits per heavy atom. The number of hydrogen-bond donors (Lipinski definition) is 3. The molecule has 0 aliphatic carbocycles. The van der Waals surface area contributed by atoms with Crippen LogP contribution in [-0.4, -0.2) is 17.6 Å². The van der Waals surface area contributed by atoms with Crippen molar-refractivity contribution in [1.82, 2.24) is 21.3 Å². The zero-order chi connectivity index (χ0) is 9.90. The molecular formula is C8H16N4O. The minimum atomic E-state index is -0.156. The summed E-state index contributed by atoms with van der Waals surface area (Å²) in [6, 6.07) is -0.156. The average Bonchev–Trinajstić information content (AvgIpc) is 2.50. The minimum absolute atomic E-state index is 0.104. The largest absolute Gasteiger partial charge is 0.337 e. The maximum Gasteiger partial charge on any atom is 0.337 e. The Labute approximate surface area is 78.1 Å². The summed E-state index contributed by atoms with van der Waals surface area (Å²) in [5, 5.41) is 4.15. The molecule has 0 aromatic carbocycles. The van der Waals surface area contributed by atoms with Crippen LogP contribution in [0.5, 0.6) is 0 Å². The van der Waals surface area contributed by atoms with Gasteiger partial charge < -0.3 is 10.7 Å². The highest BCUT2D eigenvalue weighted by Gasteiger charge is 2.16. The third-order valence-electron chi connectivity index (χ3n) is 1.48. The number of carbonyl (C=O) groups excluding carboxylic acids is 1. The lowest BCUT2D eigenvalue weighted by molar-refractivity contribution is 0.193. The molecule has 5 heteroatoms. The van der Waals surface area contributed by atoms with Gasteiger partial charge in [0.15, 0.2) is 0 Å². The van der Waals surface area contributed by atoms with Crippen molar-refractivity contribution < 1.29 is 4.79 Å². The molecule has 0 atom stereocenters. The minimum Gasteiger partial charge on any atom is -0.336 e. The lowest BCUT2D eigenvalue weighted by Crippen LogP contribution is -2.47. The second kappa shape index (κ2) is 3.66. The maximum atomic E-state index is 11.4. The van der Waals surface area contributed by atoms with Crippen molar-refractivity contribution in [1.29, 1.82) is 0 Å². The summed E-state index contributed by atoms with van der Waals surface area (Å²) in [6.45, 7) is 6.86. The number of nitrogens with one attached hydrogen (secondary N) is 3. The summed E-state index contributed by atoms with van der Waals surface area (Å²) in [6.07, 6.45) is 3.27. The van der Waals surface area contributed by atoms with Gasteiger partial charge in [0.2, 0.25) is 0 Å². The van der Waals surface area contributed by atoms with E-state index in [4.69, 9.17) is 0 Å². The smallest absolute Gasteiger partial charge is 0.336 e. The van der Waals surface area contributed by atoms with Crippen LogP contribution in [0, 0.1) is 5.41 Å². The normalized spacial score (nSPS) is 15.8. The Balaban J connectivity index is 2.29. The van der Waals surface area contributed by atoms with E-state index in [9.17, 15) is 4.79 Å². The molecule has 0 saturated carbocycles. The fourth-order valence-corrected chi connectivity index (χ4v) is 0.800. The molecule has 0 saturated heterocycles. The van der Waals surface area contributed by atoms with Crippen LogP contribution in [0.3, 0.4) is 0 Å². The third kappa shape index (κ3) is 3.33. The average molecular weight is 184 g/mol. The fourth-order valence-electron chi connectivity index (χ4n) is 0.800. The Morgan fingerprint density at radius 2 is 2.23 bits per heavy atom.